The number of H-pyrrole nitrogens is 1. The number of aromatic nitrogens is 4. The molecule has 10 heteroatoms. The number of nitrogens with zero attached hydrogens (tertiary/aromatic N) is 6. The minimum absolute atomic E-state index is 0.0786. The van der Waals surface area contributed by atoms with Gasteiger partial charge in [0.15, 0.2) is 5.69 Å². The van der Waals surface area contributed by atoms with Crippen LogP contribution in [0.3, 0.4) is 0 Å². The van der Waals surface area contributed by atoms with Crippen LogP contribution in [0.1, 0.15) is 17.1 Å². The van der Waals surface area contributed by atoms with Gasteiger partial charge in [0.2, 0.25) is 0 Å². The zero-order chi connectivity index (χ0) is 23.7. The fourth-order valence-corrected chi connectivity index (χ4v) is 4.15. The van der Waals surface area contributed by atoms with E-state index in [1.54, 1.807) is 24.5 Å². The molecule has 0 bridgehead atoms. The lowest BCUT2D eigenvalue weighted by atomic mass is 10.1. The lowest BCUT2D eigenvalue weighted by Crippen LogP contribution is -2.46. The Morgan fingerprint density at radius 1 is 1.00 bits per heavy atom. The third kappa shape index (κ3) is 4.43. The molecule has 4 heterocycles. The number of hydrogen-bond donors (Lipinski definition) is 1. The number of imidazole rings is 1. The first kappa shape index (κ1) is 21.9. The fourth-order valence-electron chi connectivity index (χ4n) is 4.15. The van der Waals surface area contributed by atoms with Crippen LogP contribution in [-0.2, 0) is 12.7 Å². The van der Waals surface area contributed by atoms with Gasteiger partial charge in [-0.3, -0.25) is 9.88 Å². The molecule has 5 rings (SSSR count). The predicted molar refractivity (Wildman–Crippen MR) is 121 cm³/mol. The van der Waals surface area contributed by atoms with E-state index in [0.29, 0.717) is 23.4 Å². The number of aromatic amines is 1. The van der Waals surface area contributed by atoms with E-state index >= 15 is 0 Å². The number of pyridine rings is 2. The summed E-state index contributed by atoms with van der Waals surface area (Å²) in [5.74, 6) is 0.687. The van der Waals surface area contributed by atoms with Gasteiger partial charge in [-0.1, -0.05) is 12.1 Å². The molecular weight excluding hydrogens is 443 g/mol. The number of anilines is 1. The molecule has 1 aliphatic heterocycles. The fraction of sp³-hybridized carbons (Fsp3) is 0.250. The molecule has 7 nitrogen and oxygen atoms in total. The van der Waals surface area contributed by atoms with Crippen molar-refractivity contribution in [3.8, 4) is 17.3 Å². The van der Waals surface area contributed by atoms with E-state index in [4.69, 9.17) is 0 Å². The Morgan fingerprint density at radius 3 is 2.47 bits per heavy atom. The van der Waals surface area contributed by atoms with Crippen LogP contribution in [0.25, 0.3) is 22.3 Å². The van der Waals surface area contributed by atoms with E-state index in [1.165, 1.54) is 6.07 Å². The smallest absolute Gasteiger partial charge is 0.369 e. The average molecular weight is 463 g/mol. The van der Waals surface area contributed by atoms with Crippen LogP contribution in [0, 0.1) is 11.3 Å². The first-order valence-corrected chi connectivity index (χ1v) is 10.8. The van der Waals surface area contributed by atoms with Crippen molar-refractivity contribution in [2.75, 3.05) is 31.1 Å². The molecule has 0 atom stereocenters. The van der Waals surface area contributed by atoms with Crippen molar-refractivity contribution >= 4 is 16.7 Å². The molecule has 1 fully saturated rings. The number of piperazine rings is 1. The lowest BCUT2D eigenvalue weighted by Gasteiger charge is -2.35. The second-order valence-corrected chi connectivity index (χ2v) is 8.09. The minimum atomic E-state index is -4.46. The Balaban J connectivity index is 1.36. The Morgan fingerprint density at radius 2 is 1.76 bits per heavy atom. The van der Waals surface area contributed by atoms with Crippen molar-refractivity contribution in [1.29, 1.82) is 5.26 Å². The van der Waals surface area contributed by atoms with Crippen molar-refractivity contribution in [3.63, 3.8) is 0 Å². The van der Waals surface area contributed by atoms with Crippen LogP contribution >= 0.6 is 0 Å². The summed E-state index contributed by atoms with van der Waals surface area (Å²) in [6.07, 6.45) is -0.893. The van der Waals surface area contributed by atoms with E-state index in [2.05, 4.69) is 29.7 Å². The summed E-state index contributed by atoms with van der Waals surface area (Å²) in [7, 11) is 0. The second-order valence-electron chi connectivity index (χ2n) is 8.09. The number of rotatable bonds is 4. The first-order chi connectivity index (χ1) is 16.4. The van der Waals surface area contributed by atoms with Gasteiger partial charge in [-0.05, 0) is 30.3 Å². The molecule has 3 aromatic heterocycles. The number of nitriles is 1. The quantitative estimate of drug-likeness (QED) is 0.488. The second kappa shape index (κ2) is 8.76. The Kier molecular flexibility index (Phi) is 5.63. The number of halogens is 3. The van der Waals surface area contributed by atoms with Gasteiger partial charge in [0.25, 0.3) is 0 Å². The largest absolute Gasteiger partial charge is 0.416 e. The molecule has 0 unspecified atom stereocenters. The third-order valence-corrected chi connectivity index (χ3v) is 5.88. The van der Waals surface area contributed by atoms with Crippen LogP contribution in [0.15, 0.2) is 54.9 Å². The zero-order valence-corrected chi connectivity index (χ0v) is 18.0. The summed E-state index contributed by atoms with van der Waals surface area (Å²) in [4.78, 5) is 20.7. The maximum absolute atomic E-state index is 13.1. The Hall–Kier alpha value is -3.97. The lowest BCUT2D eigenvalue weighted by molar-refractivity contribution is -0.137. The molecule has 1 saturated heterocycles. The zero-order valence-electron chi connectivity index (χ0n) is 18.0. The monoisotopic (exact) mass is 463 g/mol. The van der Waals surface area contributed by atoms with Gasteiger partial charge in [0, 0.05) is 49.8 Å². The Labute approximate surface area is 193 Å². The summed E-state index contributed by atoms with van der Waals surface area (Å²) < 4.78 is 39.4. The molecule has 1 aliphatic rings. The standard InChI is InChI=1S/C24H20F3N7/c25-24(26,27)17-3-1-2-16(12-17)19-13-20-23(21(14-28)30-19)32-22(31-20)15-33-8-10-34(11-9-33)18-4-6-29-7-5-18/h1-7,12-13H,8-11,15H2,(H,31,32). The highest BCUT2D eigenvalue weighted by molar-refractivity contribution is 5.84. The van der Waals surface area contributed by atoms with E-state index < -0.39 is 11.7 Å². The molecule has 1 N–H and O–H groups in total. The van der Waals surface area contributed by atoms with Gasteiger partial charge >= 0.3 is 6.18 Å². The van der Waals surface area contributed by atoms with Crippen LogP contribution < -0.4 is 4.90 Å². The highest BCUT2D eigenvalue weighted by Crippen LogP contribution is 2.32. The summed E-state index contributed by atoms with van der Waals surface area (Å²) in [5, 5.41) is 9.59. The molecule has 172 valence electrons. The van der Waals surface area contributed by atoms with Gasteiger partial charge in [-0.2, -0.15) is 18.4 Å². The molecule has 1 aromatic carbocycles. The molecular formula is C24H20F3N7. The number of alkyl halides is 3. The molecule has 0 radical (unpaired) electrons. The average Bonchev–Trinajstić information content (AvgIpc) is 3.26. The van der Waals surface area contributed by atoms with E-state index in [1.807, 2.05) is 18.2 Å². The van der Waals surface area contributed by atoms with Crippen LogP contribution in [0.2, 0.25) is 0 Å². The van der Waals surface area contributed by atoms with Crippen molar-refractivity contribution in [1.82, 2.24) is 24.8 Å². The number of benzene rings is 1. The summed E-state index contributed by atoms with van der Waals surface area (Å²) >= 11 is 0. The van der Waals surface area contributed by atoms with Crippen LogP contribution in [0.4, 0.5) is 18.9 Å². The molecule has 0 aliphatic carbocycles. The summed E-state index contributed by atoms with van der Waals surface area (Å²) in [6.45, 7) is 4.00. The SMILES string of the molecule is N#Cc1nc(-c2cccc(C(F)(F)F)c2)cc2[nH]c(CN3CCN(c4ccncc4)CC3)nc12. The predicted octanol–water partition coefficient (Wildman–Crippen LogP) is 4.23. The maximum Gasteiger partial charge on any atom is 0.416 e. The first-order valence-electron chi connectivity index (χ1n) is 10.8. The van der Waals surface area contributed by atoms with E-state index in [-0.39, 0.29) is 17.0 Å². The molecule has 0 saturated carbocycles. The Bertz CT molecular complexity index is 1350. The number of hydrogen-bond acceptors (Lipinski definition) is 6. The summed E-state index contributed by atoms with van der Waals surface area (Å²) in [5.41, 5.74) is 2.03. The van der Waals surface area contributed by atoms with Gasteiger partial charge in [0.05, 0.1) is 23.3 Å². The van der Waals surface area contributed by atoms with Crippen LogP contribution in [0.5, 0.6) is 0 Å². The number of fused-ring (bicyclic) bond motifs is 1. The van der Waals surface area contributed by atoms with Gasteiger partial charge < -0.3 is 9.88 Å². The van der Waals surface area contributed by atoms with Crippen molar-refractivity contribution < 1.29 is 13.2 Å². The molecule has 4 aromatic rings. The molecule has 0 spiro atoms. The molecule has 34 heavy (non-hydrogen) atoms. The highest BCUT2D eigenvalue weighted by Gasteiger charge is 2.30. The molecule has 0 amide bonds. The number of nitrogens with one attached hydrogen (secondary N) is 1. The topological polar surface area (TPSA) is 84.7 Å². The van der Waals surface area contributed by atoms with E-state index in [9.17, 15) is 18.4 Å². The van der Waals surface area contributed by atoms with Crippen molar-refractivity contribution in [2.45, 2.75) is 12.7 Å². The van der Waals surface area contributed by atoms with Crippen molar-refractivity contribution in [3.05, 3.63) is 71.9 Å². The normalized spacial score (nSPS) is 14.9. The highest BCUT2D eigenvalue weighted by atomic mass is 19.4. The maximum atomic E-state index is 13.1. The van der Waals surface area contributed by atoms with E-state index in [0.717, 1.165) is 44.0 Å². The van der Waals surface area contributed by atoms with Gasteiger partial charge in [-0.25, -0.2) is 9.97 Å². The van der Waals surface area contributed by atoms with Gasteiger partial charge in [0.1, 0.15) is 17.4 Å². The van der Waals surface area contributed by atoms with Gasteiger partial charge in [-0.15, -0.1) is 0 Å². The summed E-state index contributed by atoms with van der Waals surface area (Å²) in [6, 6.07) is 12.6. The van der Waals surface area contributed by atoms with Crippen molar-refractivity contribution in [2.24, 2.45) is 0 Å². The van der Waals surface area contributed by atoms with Crippen LogP contribution in [-0.4, -0.2) is 51.0 Å². The third-order valence-electron chi connectivity index (χ3n) is 5.88. The minimum Gasteiger partial charge on any atom is -0.369 e.